The molecule has 1 unspecified atom stereocenters. The van der Waals surface area contributed by atoms with Gasteiger partial charge in [0.05, 0.1) is 6.54 Å². The van der Waals surface area contributed by atoms with Crippen molar-refractivity contribution in [2.75, 3.05) is 39.9 Å². The molecule has 0 saturated carbocycles. The summed E-state index contributed by atoms with van der Waals surface area (Å²) in [7, 11) is 1.70. The summed E-state index contributed by atoms with van der Waals surface area (Å²) in [6.45, 7) is 4.13. The van der Waals surface area contributed by atoms with Gasteiger partial charge >= 0.3 is 6.18 Å². The number of nitrogens with zero attached hydrogens (tertiary/aromatic N) is 1. The van der Waals surface area contributed by atoms with Crippen LogP contribution in [0, 0.1) is 5.92 Å². The highest BCUT2D eigenvalue weighted by Gasteiger charge is 2.27. The number of alkyl halides is 3. The van der Waals surface area contributed by atoms with Gasteiger partial charge in [0.2, 0.25) is 0 Å². The lowest BCUT2D eigenvalue weighted by Gasteiger charge is -2.36. The van der Waals surface area contributed by atoms with Gasteiger partial charge in [0, 0.05) is 26.3 Å². The van der Waals surface area contributed by atoms with E-state index in [9.17, 15) is 13.2 Å². The summed E-state index contributed by atoms with van der Waals surface area (Å²) in [4.78, 5) is 2.25. The molecule has 1 aliphatic rings. The summed E-state index contributed by atoms with van der Waals surface area (Å²) in [6.07, 6.45) is -1.99. The fourth-order valence-electron chi connectivity index (χ4n) is 2.35. The van der Waals surface area contributed by atoms with Crippen molar-refractivity contribution in [3.63, 3.8) is 0 Å². The number of halogens is 3. The summed E-state index contributed by atoms with van der Waals surface area (Å²) in [5, 5.41) is 2.47. The van der Waals surface area contributed by atoms with Crippen molar-refractivity contribution in [1.82, 2.24) is 10.2 Å². The number of hydrogen-bond donors (Lipinski definition) is 1. The third-order valence-corrected chi connectivity index (χ3v) is 3.44. The Balaban J connectivity index is 2.17. The fourth-order valence-corrected chi connectivity index (χ4v) is 2.35. The van der Waals surface area contributed by atoms with Gasteiger partial charge in [-0.3, -0.25) is 4.90 Å². The molecule has 18 heavy (non-hydrogen) atoms. The lowest BCUT2D eigenvalue weighted by Crippen LogP contribution is -2.46. The molecule has 0 aromatic carbocycles. The van der Waals surface area contributed by atoms with Crippen molar-refractivity contribution in [2.45, 2.75) is 32.0 Å². The van der Waals surface area contributed by atoms with E-state index in [2.05, 4.69) is 10.2 Å². The van der Waals surface area contributed by atoms with Crippen LogP contribution in [-0.2, 0) is 4.74 Å². The quantitative estimate of drug-likeness (QED) is 0.796. The summed E-state index contributed by atoms with van der Waals surface area (Å²) < 4.78 is 41.1. The van der Waals surface area contributed by atoms with Crippen molar-refractivity contribution in [3.8, 4) is 0 Å². The van der Waals surface area contributed by atoms with Crippen LogP contribution in [0.1, 0.15) is 19.8 Å². The van der Waals surface area contributed by atoms with Gasteiger partial charge < -0.3 is 10.1 Å². The van der Waals surface area contributed by atoms with Gasteiger partial charge in [-0.15, -0.1) is 0 Å². The van der Waals surface area contributed by atoms with E-state index in [0.29, 0.717) is 12.5 Å². The Morgan fingerprint density at radius 2 is 1.94 bits per heavy atom. The van der Waals surface area contributed by atoms with E-state index >= 15 is 0 Å². The van der Waals surface area contributed by atoms with Crippen molar-refractivity contribution in [3.05, 3.63) is 0 Å². The van der Waals surface area contributed by atoms with Crippen LogP contribution in [-0.4, -0.2) is 57.0 Å². The average Bonchev–Trinajstić information content (AvgIpc) is 2.28. The lowest BCUT2D eigenvalue weighted by atomic mass is 9.97. The Morgan fingerprint density at radius 1 is 1.33 bits per heavy atom. The van der Waals surface area contributed by atoms with Gasteiger partial charge in [-0.05, 0) is 38.8 Å². The zero-order chi connectivity index (χ0) is 13.6. The zero-order valence-electron chi connectivity index (χ0n) is 11.1. The van der Waals surface area contributed by atoms with Crippen LogP contribution < -0.4 is 5.32 Å². The largest absolute Gasteiger partial charge is 0.401 e. The van der Waals surface area contributed by atoms with Crippen LogP contribution in [0.25, 0.3) is 0 Å². The molecule has 0 aromatic heterocycles. The normalized spacial score (nSPS) is 21.2. The molecule has 0 bridgehead atoms. The van der Waals surface area contributed by atoms with Gasteiger partial charge in [-0.25, -0.2) is 0 Å². The van der Waals surface area contributed by atoms with E-state index in [1.54, 1.807) is 7.11 Å². The molecule has 6 heteroatoms. The molecule has 1 N–H and O–H groups in total. The van der Waals surface area contributed by atoms with Gasteiger partial charge in [-0.2, -0.15) is 13.2 Å². The first-order valence-corrected chi connectivity index (χ1v) is 6.43. The Kier molecular flexibility index (Phi) is 6.38. The number of likely N-dealkylation sites (tertiary alicyclic amines) is 1. The van der Waals surface area contributed by atoms with Gasteiger partial charge in [-0.1, -0.05) is 0 Å². The highest BCUT2D eigenvalue weighted by molar-refractivity contribution is 4.77. The monoisotopic (exact) mass is 268 g/mol. The summed E-state index contributed by atoms with van der Waals surface area (Å²) in [6, 6.07) is 0.149. The molecule has 1 heterocycles. The van der Waals surface area contributed by atoms with E-state index in [1.807, 2.05) is 6.92 Å². The van der Waals surface area contributed by atoms with E-state index < -0.39 is 12.7 Å². The van der Waals surface area contributed by atoms with Crippen LogP contribution >= 0.6 is 0 Å². The van der Waals surface area contributed by atoms with Gasteiger partial charge in [0.1, 0.15) is 0 Å². The standard InChI is InChI=1S/C12H23F3N2O/c1-10(7-16-9-12(13,14)15)17-5-3-11(4-6-17)8-18-2/h10-11,16H,3-9H2,1-2H3. The molecule has 1 aliphatic heterocycles. The minimum Gasteiger partial charge on any atom is -0.384 e. The minimum atomic E-state index is -4.12. The second-order valence-electron chi connectivity index (χ2n) is 5.03. The number of ether oxygens (including phenoxy) is 1. The fraction of sp³-hybridized carbons (Fsp3) is 1.00. The molecule has 1 fully saturated rings. The molecule has 0 radical (unpaired) electrons. The maximum atomic E-state index is 12.0. The van der Waals surface area contributed by atoms with Crippen molar-refractivity contribution < 1.29 is 17.9 Å². The van der Waals surface area contributed by atoms with Crippen LogP contribution in [0.2, 0.25) is 0 Å². The van der Waals surface area contributed by atoms with E-state index in [0.717, 1.165) is 32.5 Å². The van der Waals surface area contributed by atoms with Crippen molar-refractivity contribution in [1.29, 1.82) is 0 Å². The van der Waals surface area contributed by atoms with Gasteiger partial charge in [0.25, 0.3) is 0 Å². The van der Waals surface area contributed by atoms with Gasteiger partial charge in [0.15, 0.2) is 0 Å². The number of nitrogens with one attached hydrogen (secondary N) is 1. The van der Waals surface area contributed by atoms with E-state index in [1.165, 1.54) is 0 Å². The van der Waals surface area contributed by atoms with E-state index in [4.69, 9.17) is 4.74 Å². The molecule has 0 aliphatic carbocycles. The minimum absolute atomic E-state index is 0.149. The van der Waals surface area contributed by atoms with E-state index in [-0.39, 0.29) is 6.04 Å². The number of hydrogen-bond acceptors (Lipinski definition) is 3. The smallest absolute Gasteiger partial charge is 0.384 e. The van der Waals surface area contributed by atoms with Crippen LogP contribution in [0.3, 0.4) is 0 Å². The third-order valence-electron chi connectivity index (χ3n) is 3.44. The molecule has 0 spiro atoms. The Bertz CT molecular complexity index is 228. The second-order valence-corrected chi connectivity index (χ2v) is 5.03. The molecule has 0 amide bonds. The molecule has 0 aromatic rings. The summed E-state index contributed by atoms with van der Waals surface area (Å²) in [5.74, 6) is 0.599. The SMILES string of the molecule is COCC1CCN(C(C)CNCC(F)(F)F)CC1. The zero-order valence-corrected chi connectivity index (χ0v) is 11.1. The maximum absolute atomic E-state index is 12.0. The number of rotatable bonds is 6. The predicted octanol–water partition coefficient (Wildman–Crippen LogP) is 1.89. The molecular weight excluding hydrogens is 245 g/mol. The summed E-state index contributed by atoms with van der Waals surface area (Å²) >= 11 is 0. The first-order chi connectivity index (χ1) is 8.42. The molecule has 1 rings (SSSR count). The highest BCUT2D eigenvalue weighted by Crippen LogP contribution is 2.19. The lowest BCUT2D eigenvalue weighted by molar-refractivity contribution is -0.125. The topological polar surface area (TPSA) is 24.5 Å². The molecule has 1 atom stereocenters. The maximum Gasteiger partial charge on any atom is 0.401 e. The Labute approximate surface area is 107 Å². The van der Waals surface area contributed by atoms with Crippen molar-refractivity contribution >= 4 is 0 Å². The van der Waals surface area contributed by atoms with Crippen LogP contribution in [0.5, 0.6) is 0 Å². The molecular formula is C12H23F3N2O. The molecule has 1 saturated heterocycles. The Hall–Kier alpha value is -0.330. The molecule has 3 nitrogen and oxygen atoms in total. The first kappa shape index (κ1) is 15.7. The van der Waals surface area contributed by atoms with Crippen LogP contribution in [0.15, 0.2) is 0 Å². The Morgan fingerprint density at radius 3 is 2.44 bits per heavy atom. The number of methoxy groups -OCH3 is 1. The predicted molar refractivity (Wildman–Crippen MR) is 64.6 cm³/mol. The third kappa shape index (κ3) is 6.02. The summed E-state index contributed by atoms with van der Waals surface area (Å²) in [5.41, 5.74) is 0. The second kappa shape index (κ2) is 7.31. The first-order valence-electron chi connectivity index (χ1n) is 6.43. The van der Waals surface area contributed by atoms with Crippen LogP contribution in [0.4, 0.5) is 13.2 Å². The molecule has 108 valence electrons. The number of piperidine rings is 1. The highest BCUT2D eigenvalue weighted by atomic mass is 19.4. The average molecular weight is 268 g/mol. The van der Waals surface area contributed by atoms with Crippen molar-refractivity contribution in [2.24, 2.45) is 5.92 Å².